The molecule has 1 aromatic rings. The molecule has 0 aromatic heterocycles. The van der Waals surface area contributed by atoms with E-state index in [1.807, 2.05) is 6.07 Å². The highest BCUT2D eigenvalue weighted by Crippen LogP contribution is 2.21. The van der Waals surface area contributed by atoms with Crippen LogP contribution in [-0.4, -0.2) is 10.8 Å². The van der Waals surface area contributed by atoms with Crippen molar-refractivity contribution >= 4 is 26.2 Å². The molecule has 1 N–H and O–H groups in total. The van der Waals surface area contributed by atoms with Crippen molar-refractivity contribution < 1.29 is 13.2 Å². The third-order valence-corrected chi connectivity index (χ3v) is 2.14. The Morgan fingerprint density at radius 2 is 2.12 bits per heavy atom. The number of benzene rings is 1. The molecule has 0 unspecified atom stereocenters. The van der Waals surface area contributed by atoms with E-state index in [1.54, 1.807) is 0 Å². The molecular formula is C9H5BrF3N3. The van der Waals surface area contributed by atoms with Crippen LogP contribution in [0.25, 0.3) is 0 Å². The molecule has 0 aliphatic carbocycles. The van der Waals surface area contributed by atoms with Gasteiger partial charge in [-0.2, -0.15) is 23.5 Å². The zero-order valence-electron chi connectivity index (χ0n) is 7.72. The third-order valence-electron chi connectivity index (χ3n) is 1.51. The predicted molar refractivity (Wildman–Crippen MR) is 57.2 cm³/mol. The Kier molecular flexibility index (Phi) is 3.90. The topological polar surface area (TPSA) is 48.2 Å². The Morgan fingerprint density at radius 3 is 2.69 bits per heavy atom. The van der Waals surface area contributed by atoms with Crippen molar-refractivity contribution in [2.45, 2.75) is 6.18 Å². The van der Waals surface area contributed by atoms with Crippen molar-refractivity contribution in [1.29, 1.82) is 5.26 Å². The van der Waals surface area contributed by atoms with Crippen LogP contribution in [0, 0.1) is 11.3 Å². The van der Waals surface area contributed by atoms with E-state index in [0.29, 0.717) is 11.3 Å². The first kappa shape index (κ1) is 12.5. The Labute approximate surface area is 97.7 Å². The van der Waals surface area contributed by atoms with Crippen LogP contribution in [0.4, 0.5) is 18.9 Å². The fraction of sp³-hybridized carbons (Fsp3) is 0.111. The minimum Gasteiger partial charge on any atom is -0.277 e. The van der Waals surface area contributed by atoms with E-state index in [2.05, 4.69) is 26.5 Å². The molecule has 0 heterocycles. The summed E-state index contributed by atoms with van der Waals surface area (Å²) in [5.74, 6) is 0. The van der Waals surface area contributed by atoms with Gasteiger partial charge in [0, 0.05) is 0 Å². The number of hydrazone groups is 1. The van der Waals surface area contributed by atoms with Crippen LogP contribution in [0.1, 0.15) is 5.56 Å². The van der Waals surface area contributed by atoms with Gasteiger partial charge in [0.15, 0.2) is 0 Å². The first-order valence-electron chi connectivity index (χ1n) is 4.00. The fourth-order valence-corrected chi connectivity index (χ4v) is 0.924. The lowest BCUT2D eigenvalue weighted by Gasteiger charge is -2.05. The highest BCUT2D eigenvalue weighted by Gasteiger charge is 2.34. The molecule has 0 radical (unpaired) electrons. The summed E-state index contributed by atoms with van der Waals surface area (Å²) in [5.41, 5.74) is 2.84. The molecule has 16 heavy (non-hydrogen) atoms. The van der Waals surface area contributed by atoms with E-state index in [0.717, 1.165) is 0 Å². The first-order valence-corrected chi connectivity index (χ1v) is 4.79. The molecule has 1 rings (SSSR count). The quantitative estimate of drug-likeness (QED) is 0.672. The van der Waals surface area contributed by atoms with Gasteiger partial charge >= 0.3 is 6.18 Å². The van der Waals surface area contributed by atoms with Gasteiger partial charge in [-0.05, 0) is 34.1 Å². The average molecular weight is 292 g/mol. The van der Waals surface area contributed by atoms with Gasteiger partial charge in [0.1, 0.15) is 0 Å². The lowest BCUT2D eigenvalue weighted by molar-refractivity contribution is -0.0551. The SMILES string of the molecule is N#Cc1cccc(N/N=C(\Br)C(F)(F)F)c1. The van der Waals surface area contributed by atoms with Gasteiger partial charge < -0.3 is 0 Å². The second kappa shape index (κ2) is 4.99. The van der Waals surface area contributed by atoms with Crippen molar-refractivity contribution in [3.63, 3.8) is 0 Å². The normalized spacial score (nSPS) is 12.1. The minimum absolute atomic E-state index is 0.306. The standard InChI is InChI=1S/C9H5BrF3N3/c10-8(9(11,12)13)16-15-7-3-1-2-6(4-7)5-14/h1-4,15H/b16-8-. The van der Waals surface area contributed by atoms with Gasteiger partial charge in [0.2, 0.25) is 4.62 Å². The zero-order chi connectivity index (χ0) is 12.2. The Balaban J connectivity index is 2.79. The summed E-state index contributed by atoms with van der Waals surface area (Å²) in [6.45, 7) is 0. The summed E-state index contributed by atoms with van der Waals surface area (Å²) in [5, 5.41) is 11.7. The fourth-order valence-electron chi connectivity index (χ4n) is 0.835. The summed E-state index contributed by atoms with van der Waals surface area (Å²) in [4.78, 5) is 0. The molecule has 0 saturated heterocycles. The van der Waals surface area contributed by atoms with Gasteiger partial charge in [-0.15, -0.1) is 0 Å². The Morgan fingerprint density at radius 1 is 1.44 bits per heavy atom. The lowest BCUT2D eigenvalue weighted by atomic mass is 10.2. The second-order valence-electron chi connectivity index (χ2n) is 2.70. The number of nitrogens with one attached hydrogen (secondary N) is 1. The van der Waals surface area contributed by atoms with Gasteiger partial charge in [-0.25, -0.2) is 0 Å². The van der Waals surface area contributed by atoms with Crippen LogP contribution in [0.2, 0.25) is 0 Å². The largest absolute Gasteiger partial charge is 0.441 e. The molecule has 0 aliphatic heterocycles. The van der Waals surface area contributed by atoms with Crippen LogP contribution in [0.15, 0.2) is 29.4 Å². The highest BCUT2D eigenvalue weighted by atomic mass is 79.9. The van der Waals surface area contributed by atoms with Crippen molar-refractivity contribution in [2.75, 3.05) is 5.43 Å². The molecule has 84 valence electrons. The summed E-state index contributed by atoms with van der Waals surface area (Å²) in [6.07, 6.45) is -4.53. The van der Waals surface area contributed by atoms with Gasteiger partial charge in [0.05, 0.1) is 17.3 Å². The molecule has 0 aliphatic rings. The van der Waals surface area contributed by atoms with Crippen molar-refractivity contribution in [3.8, 4) is 6.07 Å². The number of rotatable bonds is 2. The first-order chi connectivity index (χ1) is 7.43. The summed E-state index contributed by atoms with van der Waals surface area (Å²) in [7, 11) is 0. The second-order valence-corrected chi connectivity index (χ2v) is 3.46. The zero-order valence-corrected chi connectivity index (χ0v) is 9.30. The van der Waals surface area contributed by atoms with Gasteiger partial charge in [-0.1, -0.05) is 6.07 Å². The number of hydrogen-bond donors (Lipinski definition) is 1. The van der Waals surface area contributed by atoms with E-state index in [9.17, 15) is 13.2 Å². The molecule has 0 atom stereocenters. The maximum absolute atomic E-state index is 12.0. The highest BCUT2D eigenvalue weighted by molar-refractivity contribution is 9.18. The molecule has 0 bridgehead atoms. The van der Waals surface area contributed by atoms with E-state index in [-0.39, 0.29) is 0 Å². The van der Waals surface area contributed by atoms with Gasteiger partial charge in [0.25, 0.3) is 0 Å². The van der Waals surface area contributed by atoms with Gasteiger partial charge in [-0.3, -0.25) is 5.43 Å². The van der Waals surface area contributed by atoms with Crippen LogP contribution < -0.4 is 5.43 Å². The Bertz CT molecular complexity index is 448. The summed E-state index contributed by atoms with van der Waals surface area (Å²) >= 11 is 2.29. The number of nitriles is 1. The van der Waals surface area contributed by atoms with Crippen molar-refractivity contribution in [2.24, 2.45) is 5.10 Å². The summed E-state index contributed by atoms with van der Waals surface area (Å²) in [6, 6.07) is 7.83. The maximum atomic E-state index is 12.0. The number of anilines is 1. The lowest BCUT2D eigenvalue weighted by Crippen LogP contribution is -2.17. The minimum atomic E-state index is -4.53. The third kappa shape index (κ3) is 3.55. The van der Waals surface area contributed by atoms with Crippen LogP contribution in [-0.2, 0) is 0 Å². The predicted octanol–water partition coefficient (Wildman–Crippen LogP) is 3.24. The van der Waals surface area contributed by atoms with E-state index in [4.69, 9.17) is 5.26 Å². The molecular weight excluding hydrogens is 287 g/mol. The molecule has 7 heteroatoms. The van der Waals surface area contributed by atoms with Crippen molar-refractivity contribution in [3.05, 3.63) is 29.8 Å². The van der Waals surface area contributed by atoms with Crippen LogP contribution in [0.5, 0.6) is 0 Å². The monoisotopic (exact) mass is 291 g/mol. The maximum Gasteiger partial charge on any atom is 0.441 e. The molecule has 0 saturated carbocycles. The number of halogens is 4. The molecule has 0 spiro atoms. The van der Waals surface area contributed by atoms with E-state index >= 15 is 0 Å². The number of nitrogens with zero attached hydrogens (tertiary/aromatic N) is 2. The van der Waals surface area contributed by atoms with E-state index in [1.165, 1.54) is 24.3 Å². The van der Waals surface area contributed by atoms with Crippen LogP contribution in [0.3, 0.4) is 0 Å². The van der Waals surface area contributed by atoms with Crippen molar-refractivity contribution in [1.82, 2.24) is 0 Å². The molecule has 3 nitrogen and oxygen atoms in total. The van der Waals surface area contributed by atoms with Crippen LogP contribution >= 0.6 is 15.9 Å². The number of alkyl halides is 3. The average Bonchev–Trinajstić information content (AvgIpc) is 2.25. The smallest absolute Gasteiger partial charge is 0.277 e. The van der Waals surface area contributed by atoms with E-state index < -0.39 is 10.8 Å². The molecule has 1 aromatic carbocycles. The molecule has 0 amide bonds. The summed E-state index contributed by atoms with van der Waals surface area (Å²) < 4.78 is 34.9. The number of hydrogen-bond acceptors (Lipinski definition) is 3. The Hall–Kier alpha value is -1.55. The molecule has 0 fully saturated rings.